The lowest BCUT2D eigenvalue weighted by atomic mass is 10.0. The molecule has 0 bridgehead atoms. The molecule has 9 N–H and O–H groups in total. The normalized spacial score (nSPS) is 15.0. The zero-order valence-corrected chi connectivity index (χ0v) is 16.1. The number of carboxylic acid groups (broad SMARTS) is 2. The van der Waals surface area contributed by atoms with Crippen LogP contribution in [-0.4, -0.2) is 87.5 Å². The molecule has 166 valence electrons. The van der Waals surface area contributed by atoms with Gasteiger partial charge in [0.1, 0.15) is 24.2 Å². The van der Waals surface area contributed by atoms with E-state index in [-0.39, 0.29) is 6.42 Å². The van der Waals surface area contributed by atoms with Gasteiger partial charge in [-0.3, -0.25) is 19.2 Å². The van der Waals surface area contributed by atoms with E-state index in [1.54, 1.807) is 13.8 Å². The summed E-state index contributed by atoms with van der Waals surface area (Å²) in [6.07, 6.45) is -0.872. The molecular formula is C16H28N4O9. The van der Waals surface area contributed by atoms with Crippen LogP contribution in [0.15, 0.2) is 0 Å². The van der Waals surface area contributed by atoms with Crippen LogP contribution in [0, 0.1) is 5.92 Å². The van der Waals surface area contributed by atoms with Gasteiger partial charge in [-0.05, 0) is 12.3 Å². The fourth-order valence-corrected chi connectivity index (χ4v) is 2.13. The maximum atomic E-state index is 12.6. The highest BCUT2D eigenvalue weighted by Crippen LogP contribution is 2.06. The Morgan fingerprint density at radius 3 is 1.79 bits per heavy atom. The topological polar surface area (TPSA) is 228 Å². The summed E-state index contributed by atoms with van der Waals surface area (Å²) in [5.41, 5.74) is 5.39. The minimum atomic E-state index is -1.64. The Hall–Kier alpha value is -2.77. The van der Waals surface area contributed by atoms with Gasteiger partial charge in [0.2, 0.25) is 17.7 Å². The van der Waals surface area contributed by atoms with Gasteiger partial charge in [-0.1, -0.05) is 13.8 Å². The average Bonchev–Trinajstić information content (AvgIpc) is 2.65. The second-order valence-corrected chi connectivity index (χ2v) is 6.59. The van der Waals surface area contributed by atoms with Gasteiger partial charge < -0.3 is 42.1 Å². The van der Waals surface area contributed by atoms with E-state index in [4.69, 9.17) is 26.2 Å². The molecule has 0 spiro atoms. The highest BCUT2D eigenvalue weighted by Gasteiger charge is 2.31. The first-order valence-corrected chi connectivity index (χ1v) is 8.77. The van der Waals surface area contributed by atoms with Crippen LogP contribution >= 0.6 is 0 Å². The molecule has 0 aliphatic carbocycles. The van der Waals surface area contributed by atoms with E-state index in [0.29, 0.717) is 0 Å². The first-order valence-electron chi connectivity index (χ1n) is 8.77. The second-order valence-electron chi connectivity index (χ2n) is 6.59. The van der Waals surface area contributed by atoms with Crippen LogP contribution in [0.4, 0.5) is 0 Å². The summed E-state index contributed by atoms with van der Waals surface area (Å²) < 4.78 is 0. The van der Waals surface area contributed by atoms with Crippen molar-refractivity contribution in [2.45, 2.75) is 50.9 Å². The number of carbonyl (C=O) groups is 5. The van der Waals surface area contributed by atoms with E-state index >= 15 is 0 Å². The maximum Gasteiger partial charge on any atom is 0.328 e. The van der Waals surface area contributed by atoms with E-state index in [1.807, 2.05) is 5.32 Å². The van der Waals surface area contributed by atoms with Gasteiger partial charge in [0.15, 0.2) is 0 Å². The maximum absolute atomic E-state index is 12.6. The predicted molar refractivity (Wildman–Crippen MR) is 97.3 cm³/mol. The van der Waals surface area contributed by atoms with Gasteiger partial charge in [-0.15, -0.1) is 0 Å². The molecule has 0 aromatic carbocycles. The van der Waals surface area contributed by atoms with Crippen LogP contribution in [0.5, 0.6) is 0 Å². The smallest absolute Gasteiger partial charge is 0.328 e. The highest BCUT2D eigenvalue weighted by molar-refractivity contribution is 5.94. The molecule has 3 amide bonds. The fraction of sp³-hybridized carbons (Fsp3) is 0.688. The number of rotatable bonds is 13. The van der Waals surface area contributed by atoms with Gasteiger partial charge in [0.25, 0.3) is 0 Å². The Bertz CT molecular complexity index is 611. The molecule has 0 saturated carbocycles. The van der Waals surface area contributed by atoms with Crippen LogP contribution in [-0.2, 0) is 24.0 Å². The third kappa shape index (κ3) is 9.32. The zero-order chi connectivity index (χ0) is 22.7. The number of aliphatic hydroxyl groups is 2. The number of hydrogen-bond donors (Lipinski definition) is 8. The second kappa shape index (κ2) is 12.6. The van der Waals surface area contributed by atoms with Gasteiger partial charge in [-0.2, -0.15) is 0 Å². The van der Waals surface area contributed by atoms with Crippen molar-refractivity contribution >= 4 is 29.7 Å². The number of nitrogens with two attached hydrogens (primary N) is 1. The van der Waals surface area contributed by atoms with Crippen molar-refractivity contribution in [2.24, 2.45) is 11.7 Å². The van der Waals surface area contributed by atoms with Crippen molar-refractivity contribution in [2.75, 3.05) is 13.2 Å². The number of nitrogens with one attached hydrogen (secondary N) is 3. The summed E-state index contributed by atoms with van der Waals surface area (Å²) in [6, 6.07) is -5.50. The average molecular weight is 420 g/mol. The van der Waals surface area contributed by atoms with E-state index in [2.05, 4.69) is 10.6 Å². The Morgan fingerprint density at radius 1 is 0.828 bits per heavy atom. The standard InChI is InChI=1S/C16H28N4O9/c1-7(2)12(20-13(25)8(17)5-21)15(27)18-9(3-4-11(23)24)14(26)19-10(6-22)16(28)29/h7-10,12,21-22H,3-6,17H2,1-2H3,(H,18,27)(H,19,26)(H,20,25)(H,23,24)(H,28,29). The van der Waals surface area contributed by atoms with Crippen molar-refractivity contribution < 1.29 is 44.4 Å². The van der Waals surface area contributed by atoms with Crippen molar-refractivity contribution in [1.82, 2.24) is 16.0 Å². The minimum Gasteiger partial charge on any atom is -0.481 e. The molecule has 0 aliphatic rings. The molecule has 13 nitrogen and oxygen atoms in total. The largest absolute Gasteiger partial charge is 0.481 e. The van der Waals surface area contributed by atoms with Crippen LogP contribution in [0.3, 0.4) is 0 Å². The summed E-state index contributed by atoms with van der Waals surface area (Å²) in [6.45, 7) is 1.62. The molecule has 4 atom stereocenters. The molecule has 0 saturated heterocycles. The molecule has 0 aromatic rings. The highest BCUT2D eigenvalue weighted by atomic mass is 16.4. The Balaban J connectivity index is 5.37. The van der Waals surface area contributed by atoms with Gasteiger partial charge in [0.05, 0.1) is 13.2 Å². The molecule has 0 heterocycles. The number of amides is 3. The van der Waals surface area contributed by atoms with Crippen LogP contribution in [0.25, 0.3) is 0 Å². The van der Waals surface area contributed by atoms with Gasteiger partial charge in [0, 0.05) is 6.42 Å². The molecule has 0 aromatic heterocycles. The lowest BCUT2D eigenvalue weighted by Gasteiger charge is -2.26. The number of hydrogen-bond acceptors (Lipinski definition) is 8. The molecule has 0 rings (SSSR count). The number of carbonyl (C=O) groups excluding carboxylic acids is 3. The molecule has 0 radical (unpaired) electrons. The van der Waals surface area contributed by atoms with Crippen LogP contribution in [0.2, 0.25) is 0 Å². The minimum absolute atomic E-state index is 0.362. The van der Waals surface area contributed by atoms with Crippen LogP contribution in [0.1, 0.15) is 26.7 Å². The van der Waals surface area contributed by atoms with Crippen molar-refractivity contribution in [3.63, 3.8) is 0 Å². The Morgan fingerprint density at radius 2 is 1.38 bits per heavy atom. The van der Waals surface area contributed by atoms with E-state index < -0.39 is 79.4 Å². The SMILES string of the molecule is CC(C)C(NC(=O)C(N)CO)C(=O)NC(CCC(=O)O)C(=O)NC(CO)C(=O)O. The Labute approximate surface area is 166 Å². The third-order valence-electron chi connectivity index (χ3n) is 3.86. The molecule has 0 aliphatic heterocycles. The summed E-state index contributed by atoms with van der Waals surface area (Å²) in [5, 5.41) is 42.3. The van der Waals surface area contributed by atoms with Crippen molar-refractivity contribution in [3.05, 3.63) is 0 Å². The molecule has 0 fully saturated rings. The monoisotopic (exact) mass is 420 g/mol. The first kappa shape index (κ1) is 26.2. The quantitative estimate of drug-likeness (QED) is 0.146. The first-order chi connectivity index (χ1) is 13.4. The molecular weight excluding hydrogens is 392 g/mol. The third-order valence-corrected chi connectivity index (χ3v) is 3.86. The van der Waals surface area contributed by atoms with Crippen LogP contribution < -0.4 is 21.7 Å². The van der Waals surface area contributed by atoms with Crippen molar-refractivity contribution in [3.8, 4) is 0 Å². The fourth-order valence-electron chi connectivity index (χ4n) is 2.13. The number of carboxylic acids is 2. The molecule has 4 unspecified atom stereocenters. The number of aliphatic carboxylic acids is 2. The van der Waals surface area contributed by atoms with E-state index in [1.165, 1.54) is 0 Å². The van der Waals surface area contributed by atoms with E-state index in [0.717, 1.165) is 0 Å². The predicted octanol–water partition coefficient (Wildman–Crippen LogP) is -3.64. The van der Waals surface area contributed by atoms with E-state index in [9.17, 15) is 24.0 Å². The summed E-state index contributed by atoms with van der Waals surface area (Å²) in [7, 11) is 0. The van der Waals surface area contributed by atoms with Gasteiger partial charge >= 0.3 is 11.9 Å². The lowest BCUT2D eigenvalue weighted by molar-refractivity contribution is -0.144. The Kier molecular flexibility index (Phi) is 11.4. The summed E-state index contributed by atoms with van der Waals surface area (Å²) >= 11 is 0. The zero-order valence-electron chi connectivity index (χ0n) is 16.1. The van der Waals surface area contributed by atoms with Gasteiger partial charge in [-0.25, -0.2) is 4.79 Å². The molecule has 29 heavy (non-hydrogen) atoms. The summed E-state index contributed by atoms with van der Waals surface area (Å²) in [4.78, 5) is 58.5. The molecule has 13 heteroatoms. The lowest BCUT2D eigenvalue weighted by Crippen LogP contribution is -2.59. The number of aliphatic hydroxyl groups excluding tert-OH is 2. The summed E-state index contributed by atoms with van der Waals surface area (Å²) in [5.74, 6) is -5.88. The van der Waals surface area contributed by atoms with Crippen molar-refractivity contribution in [1.29, 1.82) is 0 Å².